The number of halogens is 1. The van der Waals surface area contributed by atoms with E-state index in [2.05, 4.69) is 5.32 Å². The summed E-state index contributed by atoms with van der Waals surface area (Å²) >= 11 is 0. The first-order valence-electron chi connectivity index (χ1n) is 6.24. The summed E-state index contributed by atoms with van der Waals surface area (Å²) in [6, 6.07) is 5.21. The van der Waals surface area contributed by atoms with Crippen molar-refractivity contribution >= 4 is 11.9 Å². The van der Waals surface area contributed by atoms with E-state index in [9.17, 15) is 14.0 Å². The first-order valence-corrected chi connectivity index (χ1v) is 6.24. The van der Waals surface area contributed by atoms with Crippen LogP contribution in [0.4, 0.5) is 9.18 Å². The first-order chi connectivity index (χ1) is 8.84. The Morgan fingerprint density at radius 2 is 1.84 bits per heavy atom. The number of hydrogen-bond donors (Lipinski definition) is 1. The number of rotatable bonds is 3. The monoisotopic (exact) mass is 264 g/mol. The van der Waals surface area contributed by atoms with Crippen molar-refractivity contribution in [2.24, 2.45) is 5.92 Å². The number of amides is 3. The van der Waals surface area contributed by atoms with E-state index in [4.69, 9.17) is 0 Å². The summed E-state index contributed by atoms with van der Waals surface area (Å²) in [6.45, 7) is 5.89. The van der Waals surface area contributed by atoms with Crippen LogP contribution in [0.5, 0.6) is 0 Å². The van der Waals surface area contributed by atoms with Gasteiger partial charge in [-0.2, -0.15) is 0 Å². The molecule has 1 saturated heterocycles. The van der Waals surface area contributed by atoms with E-state index in [1.165, 1.54) is 29.2 Å². The molecule has 1 heterocycles. The number of nitrogens with zero attached hydrogens (tertiary/aromatic N) is 1. The van der Waals surface area contributed by atoms with Crippen LogP contribution in [0.25, 0.3) is 0 Å². The van der Waals surface area contributed by atoms with Gasteiger partial charge in [0, 0.05) is 6.54 Å². The highest BCUT2D eigenvalue weighted by Gasteiger charge is 2.48. The highest BCUT2D eigenvalue weighted by atomic mass is 19.1. The molecule has 3 amide bonds. The lowest BCUT2D eigenvalue weighted by Crippen LogP contribution is -2.41. The molecule has 19 heavy (non-hydrogen) atoms. The van der Waals surface area contributed by atoms with Crippen LogP contribution in [0, 0.1) is 11.7 Å². The van der Waals surface area contributed by atoms with E-state index in [1.54, 1.807) is 6.92 Å². The molecule has 1 aliphatic heterocycles. The highest BCUT2D eigenvalue weighted by molar-refractivity contribution is 6.07. The standard InChI is InChI=1S/C14H17FN2O2/c1-9(2)8-17-12(18)14(3,16-13(17)19)10-4-6-11(15)7-5-10/h4-7,9H,8H2,1-3H3,(H,16,19)/t14-/m1/s1. The molecule has 0 aliphatic carbocycles. The maximum atomic E-state index is 12.9. The zero-order valence-corrected chi connectivity index (χ0v) is 11.2. The second kappa shape index (κ2) is 4.64. The number of benzene rings is 1. The van der Waals surface area contributed by atoms with Crippen molar-refractivity contribution in [3.05, 3.63) is 35.6 Å². The lowest BCUT2D eigenvalue weighted by atomic mass is 9.92. The van der Waals surface area contributed by atoms with E-state index in [0.717, 1.165) is 0 Å². The normalized spacial score (nSPS) is 23.1. The molecule has 0 radical (unpaired) electrons. The number of imide groups is 1. The largest absolute Gasteiger partial charge is 0.325 e. The van der Waals surface area contributed by atoms with E-state index in [1.807, 2.05) is 13.8 Å². The maximum absolute atomic E-state index is 12.9. The number of carbonyl (C=O) groups excluding carboxylic acids is 2. The van der Waals surface area contributed by atoms with Gasteiger partial charge < -0.3 is 5.32 Å². The third kappa shape index (κ3) is 2.32. The summed E-state index contributed by atoms with van der Waals surface area (Å²) in [5.41, 5.74) is -0.529. The Morgan fingerprint density at radius 1 is 1.26 bits per heavy atom. The van der Waals surface area contributed by atoms with Crippen LogP contribution in [0.2, 0.25) is 0 Å². The van der Waals surface area contributed by atoms with Crippen LogP contribution >= 0.6 is 0 Å². The van der Waals surface area contributed by atoms with Gasteiger partial charge in [-0.25, -0.2) is 9.18 Å². The second-order valence-corrected chi connectivity index (χ2v) is 5.37. The van der Waals surface area contributed by atoms with Crippen LogP contribution in [0.3, 0.4) is 0 Å². The Balaban J connectivity index is 2.32. The minimum absolute atomic E-state index is 0.199. The lowest BCUT2D eigenvalue weighted by molar-refractivity contribution is -0.131. The fourth-order valence-corrected chi connectivity index (χ4v) is 2.21. The third-order valence-corrected chi connectivity index (χ3v) is 3.24. The fourth-order valence-electron chi connectivity index (χ4n) is 2.21. The average molecular weight is 264 g/mol. The molecule has 1 aromatic carbocycles. The van der Waals surface area contributed by atoms with Crippen molar-refractivity contribution in [1.29, 1.82) is 0 Å². The molecule has 0 saturated carbocycles. The molecule has 0 unspecified atom stereocenters. The van der Waals surface area contributed by atoms with E-state index >= 15 is 0 Å². The van der Waals surface area contributed by atoms with Crippen LogP contribution in [0.1, 0.15) is 26.3 Å². The van der Waals surface area contributed by atoms with Crippen LogP contribution in [-0.4, -0.2) is 23.4 Å². The van der Waals surface area contributed by atoms with Crippen molar-refractivity contribution in [3.8, 4) is 0 Å². The molecule has 102 valence electrons. The molecule has 2 rings (SSSR count). The summed E-state index contributed by atoms with van der Waals surface area (Å²) in [4.78, 5) is 25.5. The maximum Gasteiger partial charge on any atom is 0.325 e. The molecule has 5 heteroatoms. The van der Waals surface area contributed by atoms with Crippen LogP contribution in [-0.2, 0) is 10.3 Å². The van der Waals surface area contributed by atoms with Gasteiger partial charge in [-0.05, 0) is 30.5 Å². The Labute approximate surface area is 111 Å². The average Bonchev–Trinajstić information content (AvgIpc) is 2.54. The molecule has 1 aromatic rings. The van der Waals surface area contributed by atoms with E-state index in [-0.39, 0.29) is 17.6 Å². The molecule has 0 aromatic heterocycles. The van der Waals surface area contributed by atoms with Gasteiger partial charge in [0.1, 0.15) is 11.4 Å². The number of urea groups is 1. The molecule has 1 N–H and O–H groups in total. The second-order valence-electron chi connectivity index (χ2n) is 5.37. The molecule has 1 aliphatic rings. The molecular weight excluding hydrogens is 247 g/mol. The number of nitrogens with one attached hydrogen (secondary N) is 1. The predicted molar refractivity (Wildman–Crippen MR) is 68.8 cm³/mol. The smallest absolute Gasteiger partial charge is 0.319 e. The predicted octanol–water partition coefficient (Wildman–Crippen LogP) is 2.25. The van der Waals surface area contributed by atoms with Gasteiger partial charge in [0.05, 0.1) is 0 Å². The Bertz CT molecular complexity index is 513. The van der Waals surface area contributed by atoms with Crippen LogP contribution in [0.15, 0.2) is 24.3 Å². The minimum atomic E-state index is -1.11. The molecular formula is C14H17FN2O2. The number of carbonyl (C=O) groups is 2. The molecule has 0 bridgehead atoms. The summed E-state index contributed by atoms with van der Waals surface area (Å²) in [6.07, 6.45) is 0. The van der Waals surface area contributed by atoms with Crippen molar-refractivity contribution in [2.45, 2.75) is 26.3 Å². The quantitative estimate of drug-likeness (QED) is 0.851. The minimum Gasteiger partial charge on any atom is -0.319 e. The topological polar surface area (TPSA) is 49.4 Å². The van der Waals surface area contributed by atoms with Gasteiger partial charge in [0.15, 0.2) is 0 Å². The van der Waals surface area contributed by atoms with Crippen molar-refractivity contribution in [2.75, 3.05) is 6.54 Å². The van der Waals surface area contributed by atoms with Crippen molar-refractivity contribution in [1.82, 2.24) is 10.2 Å². The fraction of sp³-hybridized carbons (Fsp3) is 0.429. The van der Waals surface area contributed by atoms with Gasteiger partial charge in [-0.15, -0.1) is 0 Å². The zero-order chi connectivity index (χ0) is 14.2. The van der Waals surface area contributed by atoms with Gasteiger partial charge in [0.25, 0.3) is 5.91 Å². The summed E-state index contributed by atoms with van der Waals surface area (Å²) < 4.78 is 12.9. The molecule has 1 fully saturated rings. The Hall–Kier alpha value is -1.91. The Morgan fingerprint density at radius 3 is 2.37 bits per heavy atom. The molecule has 0 spiro atoms. The van der Waals surface area contributed by atoms with E-state index in [0.29, 0.717) is 12.1 Å². The molecule has 1 atom stereocenters. The zero-order valence-electron chi connectivity index (χ0n) is 11.2. The Kier molecular flexibility index (Phi) is 3.30. The summed E-state index contributed by atoms with van der Waals surface area (Å²) in [5.74, 6) is -0.466. The number of hydrogen-bond acceptors (Lipinski definition) is 2. The van der Waals surface area contributed by atoms with Gasteiger partial charge in [0.2, 0.25) is 0 Å². The van der Waals surface area contributed by atoms with Gasteiger partial charge >= 0.3 is 6.03 Å². The van der Waals surface area contributed by atoms with Gasteiger partial charge in [-0.1, -0.05) is 26.0 Å². The van der Waals surface area contributed by atoms with E-state index < -0.39 is 11.6 Å². The first kappa shape index (κ1) is 13.5. The van der Waals surface area contributed by atoms with Crippen LogP contribution < -0.4 is 5.32 Å². The summed E-state index contributed by atoms with van der Waals surface area (Å²) in [7, 11) is 0. The summed E-state index contributed by atoms with van der Waals surface area (Å²) in [5, 5.41) is 2.69. The highest BCUT2D eigenvalue weighted by Crippen LogP contribution is 2.29. The van der Waals surface area contributed by atoms with Crippen molar-refractivity contribution in [3.63, 3.8) is 0 Å². The third-order valence-electron chi connectivity index (χ3n) is 3.24. The van der Waals surface area contributed by atoms with Crippen molar-refractivity contribution < 1.29 is 14.0 Å². The van der Waals surface area contributed by atoms with Gasteiger partial charge in [-0.3, -0.25) is 9.69 Å². The lowest BCUT2D eigenvalue weighted by Gasteiger charge is -2.22. The SMILES string of the molecule is CC(C)CN1C(=O)N[C@](C)(c2ccc(F)cc2)C1=O. The molecule has 4 nitrogen and oxygen atoms in total.